The van der Waals surface area contributed by atoms with Crippen LogP contribution < -0.4 is 0 Å². The highest BCUT2D eigenvalue weighted by atomic mass is 14.4. The lowest BCUT2D eigenvalue weighted by Crippen LogP contribution is -2.36. The van der Waals surface area contributed by atoms with Gasteiger partial charge >= 0.3 is 0 Å². The summed E-state index contributed by atoms with van der Waals surface area (Å²) >= 11 is 0. The number of benzene rings is 1. The summed E-state index contributed by atoms with van der Waals surface area (Å²) < 4.78 is 0. The molecule has 0 aromatic heterocycles. The van der Waals surface area contributed by atoms with E-state index < -0.39 is 0 Å². The molecule has 112 valence electrons. The highest BCUT2D eigenvalue weighted by molar-refractivity contribution is 5.37. The Morgan fingerprint density at radius 2 is 1.76 bits per heavy atom. The van der Waals surface area contributed by atoms with Crippen molar-refractivity contribution in [2.24, 2.45) is 11.8 Å². The third kappa shape index (κ3) is 3.00. The smallest absolute Gasteiger partial charge is 0.0198 e. The van der Waals surface area contributed by atoms with Crippen LogP contribution in [0.4, 0.5) is 0 Å². The number of hydrogen-bond donors (Lipinski definition) is 0. The quantitative estimate of drug-likeness (QED) is 0.630. The van der Waals surface area contributed by atoms with E-state index in [-0.39, 0.29) is 5.41 Å². The Bertz CT molecular complexity index is 488. The van der Waals surface area contributed by atoms with Crippen LogP contribution in [0, 0.1) is 11.8 Å². The molecule has 0 N–H and O–H groups in total. The van der Waals surface area contributed by atoms with Gasteiger partial charge in [-0.15, -0.1) is 0 Å². The van der Waals surface area contributed by atoms with E-state index in [2.05, 4.69) is 61.6 Å². The van der Waals surface area contributed by atoms with Gasteiger partial charge in [-0.05, 0) is 36.7 Å². The average Bonchev–Trinajstić information content (AvgIpc) is 2.57. The van der Waals surface area contributed by atoms with Crippen molar-refractivity contribution in [1.82, 2.24) is 0 Å². The molecule has 1 fully saturated rings. The van der Waals surface area contributed by atoms with Crippen LogP contribution in [0.3, 0.4) is 0 Å². The first-order valence-corrected chi connectivity index (χ1v) is 8.75. The minimum Gasteiger partial charge on any atom is -0.0833 e. The van der Waals surface area contributed by atoms with E-state index in [1.165, 1.54) is 50.5 Å². The van der Waals surface area contributed by atoms with Gasteiger partial charge in [-0.3, -0.25) is 0 Å². The Labute approximate surface area is 130 Å². The summed E-state index contributed by atoms with van der Waals surface area (Å²) in [7, 11) is 0. The van der Waals surface area contributed by atoms with Crippen LogP contribution in [0.5, 0.6) is 0 Å². The van der Waals surface area contributed by atoms with E-state index in [1.54, 1.807) is 0 Å². The molecule has 1 unspecified atom stereocenters. The van der Waals surface area contributed by atoms with Gasteiger partial charge in [-0.2, -0.15) is 0 Å². The third-order valence-corrected chi connectivity index (χ3v) is 5.68. The first kappa shape index (κ1) is 14.6. The molecule has 2 aliphatic rings. The van der Waals surface area contributed by atoms with Gasteiger partial charge in [0.25, 0.3) is 0 Å². The van der Waals surface area contributed by atoms with E-state index in [0.717, 1.165) is 11.8 Å². The molecular weight excluding hydrogens is 252 g/mol. The van der Waals surface area contributed by atoms with E-state index >= 15 is 0 Å². The number of rotatable bonds is 4. The highest BCUT2D eigenvalue weighted by Gasteiger charge is 2.39. The molecule has 2 aliphatic carbocycles. The molecule has 0 bridgehead atoms. The van der Waals surface area contributed by atoms with E-state index in [9.17, 15) is 0 Å². The van der Waals surface area contributed by atoms with Crippen molar-refractivity contribution >= 4 is 0 Å². The maximum atomic E-state index is 2.49. The SMILES string of the molecule is CCCC1CCC(C2(c3ccccc3)C=CC=CC2)CC1. The van der Waals surface area contributed by atoms with E-state index in [4.69, 9.17) is 0 Å². The predicted octanol–water partition coefficient (Wildman–Crippen LogP) is 6.05. The van der Waals surface area contributed by atoms with Gasteiger partial charge in [-0.1, -0.05) is 87.2 Å². The fourth-order valence-corrected chi connectivity index (χ4v) is 4.51. The molecular formula is C21H28. The molecule has 1 atom stereocenters. The van der Waals surface area contributed by atoms with Crippen LogP contribution >= 0.6 is 0 Å². The van der Waals surface area contributed by atoms with Crippen LogP contribution in [0.15, 0.2) is 54.6 Å². The summed E-state index contributed by atoms with van der Waals surface area (Å²) in [5.41, 5.74) is 1.78. The lowest BCUT2D eigenvalue weighted by molar-refractivity contribution is 0.194. The average molecular weight is 280 g/mol. The van der Waals surface area contributed by atoms with Crippen molar-refractivity contribution in [3.8, 4) is 0 Å². The van der Waals surface area contributed by atoms with Crippen molar-refractivity contribution < 1.29 is 0 Å². The van der Waals surface area contributed by atoms with E-state index in [0.29, 0.717) is 0 Å². The van der Waals surface area contributed by atoms with Crippen LogP contribution in [0.25, 0.3) is 0 Å². The number of hydrogen-bond acceptors (Lipinski definition) is 0. The molecule has 1 aromatic rings. The summed E-state index contributed by atoms with van der Waals surface area (Å²) in [5, 5.41) is 0. The highest BCUT2D eigenvalue weighted by Crippen LogP contribution is 2.47. The summed E-state index contributed by atoms with van der Waals surface area (Å²) in [5.74, 6) is 1.80. The third-order valence-electron chi connectivity index (χ3n) is 5.68. The molecule has 1 aromatic carbocycles. The predicted molar refractivity (Wildman–Crippen MR) is 91.4 cm³/mol. The monoisotopic (exact) mass is 280 g/mol. The molecule has 0 heteroatoms. The first-order valence-electron chi connectivity index (χ1n) is 8.75. The van der Waals surface area contributed by atoms with Crippen molar-refractivity contribution in [3.05, 3.63) is 60.2 Å². The van der Waals surface area contributed by atoms with Crippen molar-refractivity contribution in [3.63, 3.8) is 0 Å². The van der Waals surface area contributed by atoms with Gasteiger partial charge < -0.3 is 0 Å². The Morgan fingerprint density at radius 1 is 1.00 bits per heavy atom. The lowest BCUT2D eigenvalue weighted by atomic mass is 9.61. The fourth-order valence-electron chi connectivity index (χ4n) is 4.51. The van der Waals surface area contributed by atoms with Crippen LogP contribution in [0.1, 0.15) is 57.4 Å². The van der Waals surface area contributed by atoms with Gasteiger partial charge in [-0.25, -0.2) is 0 Å². The maximum absolute atomic E-state index is 2.49. The Hall–Kier alpha value is -1.30. The van der Waals surface area contributed by atoms with Crippen LogP contribution in [-0.2, 0) is 5.41 Å². The normalized spacial score (nSPS) is 32.2. The standard InChI is InChI=1S/C21H28/c1-2-9-18-12-14-20(15-13-18)21(16-7-4-8-17-21)19-10-5-3-6-11-19/h3-8,10-11,16,18,20H,2,9,12-15,17H2,1H3. The van der Waals surface area contributed by atoms with Gasteiger partial charge in [0.2, 0.25) is 0 Å². The molecule has 0 heterocycles. The van der Waals surface area contributed by atoms with Gasteiger partial charge in [0.05, 0.1) is 0 Å². The van der Waals surface area contributed by atoms with Gasteiger partial charge in [0.15, 0.2) is 0 Å². The molecule has 21 heavy (non-hydrogen) atoms. The summed E-state index contributed by atoms with van der Waals surface area (Å²) in [6.45, 7) is 2.33. The van der Waals surface area contributed by atoms with Crippen LogP contribution in [-0.4, -0.2) is 0 Å². The second-order valence-corrected chi connectivity index (χ2v) is 6.90. The summed E-state index contributed by atoms with van der Waals surface area (Å²) in [4.78, 5) is 0. The molecule has 0 saturated heterocycles. The zero-order valence-electron chi connectivity index (χ0n) is 13.3. The first-order chi connectivity index (χ1) is 10.3. The largest absolute Gasteiger partial charge is 0.0833 e. The fraction of sp³-hybridized carbons (Fsp3) is 0.524. The Kier molecular flexibility index (Phi) is 4.63. The van der Waals surface area contributed by atoms with Crippen molar-refractivity contribution in [2.75, 3.05) is 0 Å². The van der Waals surface area contributed by atoms with E-state index in [1.807, 2.05) is 0 Å². The van der Waals surface area contributed by atoms with Crippen molar-refractivity contribution in [2.45, 2.75) is 57.3 Å². The number of allylic oxidation sites excluding steroid dienone is 4. The summed E-state index contributed by atoms with van der Waals surface area (Å²) in [6.07, 6.45) is 19.0. The minimum atomic E-state index is 0.257. The van der Waals surface area contributed by atoms with Gasteiger partial charge in [0.1, 0.15) is 0 Å². The zero-order chi connectivity index (χ0) is 14.5. The Balaban J connectivity index is 1.82. The lowest BCUT2D eigenvalue weighted by Gasteiger charge is -2.43. The molecule has 3 rings (SSSR count). The molecule has 0 aliphatic heterocycles. The molecule has 0 amide bonds. The molecule has 0 nitrogen and oxygen atoms in total. The zero-order valence-corrected chi connectivity index (χ0v) is 13.3. The molecule has 1 saturated carbocycles. The second-order valence-electron chi connectivity index (χ2n) is 6.90. The van der Waals surface area contributed by atoms with Crippen molar-refractivity contribution in [1.29, 1.82) is 0 Å². The minimum absolute atomic E-state index is 0.257. The van der Waals surface area contributed by atoms with Crippen LogP contribution in [0.2, 0.25) is 0 Å². The maximum Gasteiger partial charge on any atom is 0.0198 e. The van der Waals surface area contributed by atoms with Gasteiger partial charge in [0, 0.05) is 5.41 Å². The second kappa shape index (κ2) is 6.64. The topological polar surface area (TPSA) is 0 Å². The summed E-state index contributed by atoms with van der Waals surface area (Å²) in [6, 6.07) is 11.2. The molecule has 0 radical (unpaired) electrons. The Morgan fingerprint density at radius 3 is 2.38 bits per heavy atom. The molecule has 0 spiro atoms.